The summed E-state index contributed by atoms with van der Waals surface area (Å²) in [5.74, 6) is 0.172. The van der Waals surface area contributed by atoms with Gasteiger partial charge in [-0.2, -0.15) is 0 Å². The third kappa shape index (κ3) is 4.01. The van der Waals surface area contributed by atoms with E-state index in [2.05, 4.69) is 12.2 Å². The normalized spacial score (nSPS) is 18.2. The molecule has 1 aromatic rings. The number of benzene rings is 1. The van der Waals surface area contributed by atoms with Gasteiger partial charge in [0, 0.05) is 25.2 Å². The molecule has 1 saturated heterocycles. The van der Waals surface area contributed by atoms with Crippen LogP contribution in [-0.4, -0.2) is 41.4 Å². The van der Waals surface area contributed by atoms with Gasteiger partial charge in [-0.15, -0.1) is 0 Å². The number of carbonyl (C=O) groups excluding carboxylic acids is 1. The van der Waals surface area contributed by atoms with Crippen molar-refractivity contribution < 1.29 is 9.72 Å². The van der Waals surface area contributed by atoms with Crippen LogP contribution >= 0.6 is 0 Å². The lowest BCUT2D eigenvalue weighted by Gasteiger charge is -2.17. The first kappa shape index (κ1) is 15.4. The fourth-order valence-corrected chi connectivity index (χ4v) is 2.52. The number of nitrogens with zero attached hydrogens (tertiary/aromatic N) is 2. The van der Waals surface area contributed by atoms with Gasteiger partial charge in [0.05, 0.1) is 11.0 Å². The van der Waals surface area contributed by atoms with E-state index in [4.69, 9.17) is 0 Å². The number of hydrogen-bond acceptors (Lipinski definition) is 4. The first-order chi connectivity index (χ1) is 10.1. The Morgan fingerprint density at radius 2 is 2.10 bits per heavy atom. The Morgan fingerprint density at radius 3 is 2.71 bits per heavy atom. The maximum Gasteiger partial charge on any atom is 0.269 e. The molecular weight excluding hydrogens is 270 g/mol. The van der Waals surface area contributed by atoms with Crippen molar-refractivity contribution in [3.8, 4) is 0 Å². The van der Waals surface area contributed by atoms with Crippen molar-refractivity contribution in [3.05, 3.63) is 39.9 Å². The van der Waals surface area contributed by atoms with Crippen LogP contribution in [0.5, 0.6) is 0 Å². The molecule has 1 aliphatic rings. The Bertz CT molecular complexity index is 501. The fraction of sp³-hybridized carbons (Fsp3) is 0.533. The number of non-ortho nitro benzene ring substituents is 1. The van der Waals surface area contributed by atoms with Crippen molar-refractivity contribution >= 4 is 11.6 Å². The molecule has 1 aromatic carbocycles. The number of amides is 1. The van der Waals surface area contributed by atoms with Crippen molar-refractivity contribution in [2.24, 2.45) is 0 Å². The first-order valence-corrected chi connectivity index (χ1v) is 7.37. The zero-order valence-corrected chi connectivity index (χ0v) is 12.2. The van der Waals surface area contributed by atoms with E-state index in [1.807, 2.05) is 4.90 Å². The van der Waals surface area contributed by atoms with Crippen LogP contribution in [0.25, 0.3) is 0 Å². The van der Waals surface area contributed by atoms with Crippen molar-refractivity contribution in [2.45, 2.75) is 32.2 Å². The topological polar surface area (TPSA) is 75.5 Å². The molecule has 0 aliphatic carbocycles. The molecule has 0 radical (unpaired) electrons. The minimum Gasteiger partial charge on any atom is -0.341 e. The SMILES string of the molecule is CCCNC1CCN(CCc2ccc([N+](=O)[O-])cc2)C1=O. The van der Waals surface area contributed by atoms with Gasteiger partial charge in [0.2, 0.25) is 5.91 Å². The molecule has 1 N–H and O–H groups in total. The number of nitrogens with one attached hydrogen (secondary N) is 1. The van der Waals surface area contributed by atoms with Crippen molar-refractivity contribution in [1.82, 2.24) is 10.2 Å². The third-order valence-corrected chi connectivity index (χ3v) is 3.76. The van der Waals surface area contributed by atoms with Gasteiger partial charge in [-0.05, 0) is 31.4 Å². The first-order valence-electron chi connectivity index (χ1n) is 7.37. The Morgan fingerprint density at radius 1 is 1.38 bits per heavy atom. The molecule has 6 heteroatoms. The van der Waals surface area contributed by atoms with E-state index in [0.717, 1.165) is 37.9 Å². The zero-order chi connectivity index (χ0) is 15.2. The summed E-state index contributed by atoms with van der Waals surface area (Å²) in [5, 5.41) is 13.9. The molecule has 0 bridgehead atoms. The summed E-state index contributed by atoms with van der Waals surface area (Å²) in [6, 6.07) is 6.48. The monoisotopic (exact) mass is 291 g/mol. The van der Waals surface area contributed by atoms with Crippen molar-refractivity contribution in [3.63, 3.8) is 0 Å². The summed E-state index contributed by atoms with van der Waals surface area (Å²) in [5.41, 5.74) is 1.11. The van der Waals surface area contributed by atoms with E-state index in [-0.39, 0.29) is 17.6 Å². The van der Waals surface area contributed by atoms with Crippen LogP contribution in [0.1, 0.15) is 25.3 Å². The summed E-state index contributed by atoms with van der Waals surface area (Å²) in [6.07, 6.45) is 2.61. The molecule has 2 rings (SSSR count). The average molecular weight is 291 g/mol. The second-order valence-electron chi connectivity index (χ2n) is 5.29. The van der Waals surface area contributed by atoms with E-state index in [1.165, 1.54) is 12.1 Å². The third-order valence-electron chi connectivity index (χ3n) is 3.76. The highest BCUT2D eigenvalue weighted by atomic mass is 16.6. The Labute approximate surface area is 124 Å². The molecule has 114 valence electrons. The lowest BCUT2D eigenvalue weighted by molar-refractivity contribution is -0.384. The van der Waals surface area contributed by atoms with Gasteiger partial charge in [0.1, 0.15) is 0 Å². The highest BCUT2D eigenvalue weighted by Gasteiger charge is 2.30. The van der Waals surface area contributed by atoms with Gasteiger partial charge in [0.15, 0.2) is 0 Å². The molecule has 1 amide bonds. The fourth-order valence-electron chi connectivity index (χ4n) is 2.52. The van der Waals surface area contributed by atoms with Crippen LogP contribution in [0.3, 0.4) is 0 Å². The van der Waals surface area contributed by atoms with Crippen LogP contribution in [0.2, 0.25) is 0 Å². The van der Waals surface area contributed by atoms with E-state index in [1.54, 1.807) is 12.1 Å². The minimum atomic E-state index is -0.405. The maximum atomic E-state index is 12.2. The van der Waals surface area contributed by atoms with Crippen LogP contribution in [-0.2, 0) is 11.2 Å². The van der Waals surface area contributed by atoms with Crippen molar-refractivity contribution in [2.75, 3.05) is 19.6 Å². The van der Waals surface area contributed by atoms with E-state index < -0.39 is 4.92 Å². The predicted molar refractivity (Wildman–Crippen MR) is 80.1 cm³/mol. The van der Waals surface area contributed by atoms with Gasteiger partial charge in [-0.1, -0.05) is 19.1 Å². The molecule has 0 saturated carbocycles. The summed E-state index contributed by atoms with van der Waals surface area (Å²) in [4.78, 5) is 24.2. The molecule has 1 heterocycles. The minimum absolute atomic E-state index is 0.0400. The number of nitro groups is 1. The van der Waals surface area contributed by atoms with Crippen LogP contribution in [0.15, 0.2) is 24.3 Å². The molecule has 1 aliphatic heterocycles. The molecule has 0 aromatic heterocycles. The summed E-state index contributed by atoms with van der Waals surface area (Å²) < 4.78 is 0. The second kappa shape index (κ2) is 7.17. The summed E-state index contributed by atoms with van der Waals surface area (Å²) in [7, 11) is 0. The van der Waals surface area contributed by atoms with Crippen molar-refractivity contribution in [1.29, 1.82) is 0 Å². The molecular formula is C15H21N3O3. The maximum absolute atomic E-state index is 12.2. The van der Waals surface area contributed by atoms with Gasteiger partial charge < -0.3 is 10.2 Å². The number of nitro benzene ring substituents is 1. The lowest BCUT2D eigenvalue weighted by atomic mass is 10.1. The number of rotatable bonds is 7. The zero-order valence-electron chi connectivity index (χ0n) is 12.2. The Kier molecular flexibility index (Phi) is 5.27. The number of hydrogen-bond donors (Lipinski definition) is 1. The van der Waals surface area contributed by atoms with Gasteiger partial charge in [-0.3, -0.25) is 14.9 Å². The van der Waals surface area contributed by atoms with Crippen LogP contribution < -0.4 is 5.32 Å². The van der Waals surface area contributed by atoms with E-state index in [9.17, 15) is 14.9 Å². The number of carbonyl (C=O) groups is 1. The van der Waals surface area contributed by atoms with Gasteiger partial charge >= 0.3 is 0 Å². The average Bonchev–Trinajstić information content (AvgIpc) is 2.84. The van der Waals surface area contributed by atoms with Gasteiger partial charge in [0.25, 0.3) is 5.69 Å². The largest absolute Gasteiger partial charge is 0.341 e. The highest BCUT2D eigenvalue weighted by molar-refractivity contribution is 5.83. The van der Waals surface area contributed by atoms with E-state index in [0.29, 0.717) is 6.54 Å². The molecule has 1 unspecified atom stereocenters. The molecule has 1 atom stereocenters. The van der Waals surface area contributed by atoms with E-state index >= 15 is 0 Å². The standard InChI is InChI=1S/C15H21N3O3/c1-2-9-16-14-8-11-17(15(14)19)10-7-12-3-5-13(6-4-12)18(20)21/h3-6,14,16H,2,7-11H2,1H3. The van der Waals surface area contributed by atoms with Crippen LogP contribution in [0, 0.1) is 10.1 Å². The predicted octanol–water partition coefficient (Wildman–Crippen LogP) is 1.74. The number of likely N-dealkylation sites (tertiary alicyclic amines) is 1. The smallest absolute Gasteiger partial charge is 0.269 e. The lowest BCUT2D eigenvalue weighted by Crippen LogP contribution is -2.39. The summed E-state index contributed by atoms with van der Waals surface area (Å²) in [6.45, 7) is 4.40. The summed E-state index contributed by atoms with van der Waals surface area (Å²) >= 11 is 0. The Hall–Kier alpha value is -1.95. The van der Waals surface area contributed by atoms with Crippen LogP contribution in [0.4, 0.5) is 5.69 Å². The molecule has 1 fully saturated rings. The molecule has 0 spiro atoms. The molecule has 21 heavy (non-hydrogen) atoms. The molecule has 6 nitrogen and oxygen atoms in total. The second-order valence-corrected chi connectivity index (χ2v) is 5.29. The Balaban J connectivity index is 1.83. The van der Waals surface area contributed by atoms with Gasteiger partial charge in [-0.25, -0.2) is 0 Å². The highest BCUT2D eigenvalue weighted by Crippen LogP contribution is 2.15. The quantitative estimate of drug-likeness (QED) is 0.613.